The summed E-state index contributed by atoms with van der Waals surface area (Å²) in [6, 6.07) is 5.72. The maximum atomic E-state index is 11.0. The van der Waals surface area contributed by atoms with Gasteiger partial charge >= 0.3 is 0 Å². The number of hydrogen-bond acceptors (Lipinski definition) is 5. The molecule has 1 atom stereocenters. The summed E-state index contributed by atoms with van der Waals surface area (Å²) < 4.78 is 16.4. The molecule has 0 radical (unpaired) electrons. The Balaban J connectivity index is 2.12. The van der Waals surface area contributed by atoms with E-state index in [-0.39, 0.29) is 0 Å². The van der Waals surface area contributed by atoms with E-state index in [2.05, 4.69) is 15.3 Å². The molecule has 1 aromatic carbocycles. The summed E-state index contributed by atoms with van der Waals surface area (Å²) >= 11 is 0. The van der Waals surface area contributed by atoms with Crippen molar-refractivity contribution in [1.82, 2.24) is 9.97 Å². The van der Waals surface area contributed by atoms with Crippen molar-refractivity contribution in [3.63, 3.8) is 0 Å². The molecule has 0 spiro atoms. The van der Waals surface area contributed by atoms with Gasteiger partial charge in [0.1, 0.15) is 5.75 Å². The molecule has 0 bridgehead atoms. The van der Waals surface area contributed by atoms with Crippen molar-refractivity contribution in [2.45, 2.75) is 6.92 Å². The molecule has 1 heterocycles. The highest BCUT2D eigenvalue weighted by molar-refractivity contribution is 7.84. The van der Waals surface area contributed by atoms with Crippen LogP contribution >= 0.6 is 0 Å². The zero-order valence-electron chi connectivity index (χ0n) is 11.0. The number of fused-ring (bicyclic) bond motifs is 1. The molecule has 1 aromatic heterocycles. The summed E-state index contributed by atoms with van der Waals surface area (Å²) in [6.45, 7) is 3.19. The second kappa shape index (κ2) is 6.47. The van der Waals surface area contributed by atoms with Crippen LogP contribution in [0.1, 0.15) is 6.92 Å². The number of aromatic nitrogens is 2. The SMILES string of the molecule is CCOc1ccc2nc(NCCS(C)=O)ncc2c1. The van der Waals surface area contributed by atoms with Crippen molar-refractivity contribution in [3.05, 3.63) is 24.4 Å². The molecule has 1 N–H and O–H groups in total. The van der Waals surface area contributed by atoms with Gasteiger partial charge in [-0.05, 0) is 25.1 Å². The van der Waals surface area contributed by atoms with Gasteiger partial charge in [0.15, 0.2) is 0 Å². The molecule has 1 unspecified atom stereocenters. The van der Waals surface area contributed by atoms with E-state index < -0.39 is 10.8 Å². The van der Waals surface area contributed by atoms with Crippen LogP contribution in [0.2, 0.25) is 0 Å². The molecule has 0 aliphatic heterocycles. The van der Waals surface area contributed by atoms with E-state index in [1.54, 1.807) is 12.5 Å². The smallest absolute Gasteiger partial charge is 0.223 e. The highest BCUT2D eigenvalue weighted by atomic mass is 32.2. The zero-order chi connectivity index (χ0) is 13.7. The van der Waals surface area contributed by atoms with Gasteiger partial charge in [0.05, 0.1) is 12.1 Å². The maximum absolute atomic E-state index is 11.0. The molecule has 0 aliphatic rings. The lowest BCUT2D eigenvalue weighted by Gasteiger charge is -2.06. The van der Waals surface area contributed by atoms with Gasteiger partial charge in [-0.15, -0.1) is 0 Å². The molecule has 0 amide bonds. The Morgan fingerprint density at radius 1 is 1.42 bits per heavy atom. The minimum atomic E-state index is -0.806. The lowest BCUT2D eigenvalue weighted by atomic mass is 10.2. The number of hydrogen-bond donors (Lipinski definition) is 1. The molecular formula is C13H17N3O2S. The fourth-order valence-corrected chi connectivity index (χ4v) is 2.05. The number of anilines is 1. The highest BCUT2D eigenvalue weighted by Crippen LogP contribution is 2.19. The van der Waals surface area contributed by atoms with Crippen LogP contribution in [0.25, 0.3) is 10.9 Å². The minimum absolute atomic E-state index is 0.558. The van der Waals surface area contributed by atoms with Crippen molar-refractivity contribution in [1.29, 1.82) is 0 Å². The lowest BCUT2D eigenvalue weighted by Crippen LogP contribution is -2.11. The van der Waals surface area contributed by atoms with E-state index in [0.717, 1.165) is 16.7 Å². The third-order valence-corrected chi connectivity index (χ3v) is 3.31. The van der Waals surface area contributed by atoms with Gasteiger partial charge in [0.2, 0.25) is 5.95 Å². The van der Waals surface area contributed by atoms with E-state index >= 15 is 0 Å². The monoisotopic (exact) mass is 279 g/mol. The number of benzene rings is 1. The van der Waals surface area contributed by atoms with Gasteiger partial charge in [-0.3, -0.25) is 4.21 Å². The molecule has 5 nitrogen and oxygen atoms in total. The standard InChI is InChI=1S/C13H17N3O2S/c1-3-18-11-4-5-12-10(8-11)9-15-13(16-12)14-6-7-19(2)17/h4-5,8-9H,3,6-7H2,1-2H3,(H,14,15,16). The molecule has 0 saturated heterocycles. The van der Waals surface area contributed by atoms with Crippen LogP contribution in [0.4, 0.5) is 5.95 Å². The van der Waals surface area contributed by atoms with Crippen molar-refractivity contribution in [2.24, 2.45) is 0 Å². The molecule has 2 rings (SSSR count). The second-order valence-electron chi connectivity index (χ2n) is 4.05. The van der Waals surface area contributed by atoms with Gasteiger partial charge in [0.25, 0.3) is 0 Å². The Kier molecular flexibility index (Phi) is 4.68. The largest absolute Gasteiger partial charge is 0.494 e. The van der Waals surface area contributed by atoms with E-state index in [9.17, 15) is 4.21 Å². The second-order valence-corrected chi connectivity index (χ2v) is 5.61. The maximum Gasteiger partial charge on any atom is 0.223 e. The number of nitrogens with one attached hydrogen (secondary N) is 1. The fraction of sp³-hybridized carbons (Fsp3) is 0.385. The predicted molar refractivity (Wildman–Crippen MR) is 78.1 cm³/mol. The zero-order valence-corrected chi connectivity index (χ0v) is 11.9. The van der Waals surface area contributed by atoms with Gasteiger partial charge in [-0.25, -0.2) is 9.97 Å². The van der Waals surface area contributed by atoms with Crippen LogP contribution in [0, 0.1) is 0 Å². The molecule has 0 fully saturated rings. The molecular weight excluding hydrogens is 262 g/mol. The molecule has 2 aromatic rings. The van der Waals surface area contributed by atoms with Crippen LogP contribution in [0.15, 0.2) is 24.4 Å². The quantitative estimate of drug-likeness (QED) is 0.874. The summed E-state index contributed by atoms with van der Waals surface area (Å²) in [5.74, 6) is 1.97. The Labute approximate surface area is 114 Å². The van der Waals surface area contributed by atoms with Crippen molar-refractivity contribution >= 4 is 27.7 Å². The minimum Gasteiger partial charge on any atom is -0.494 e. The van der Waals surface area contributed by atoms with Crippen molar-refractivity contribution in [2.75, 3.05) is 30.5 Å². The molecule has 6 heteroatoms. The third kappa shape index (κ3) is 3.89. The first-order chi connectivity index (χ1) is 9.19. The molecule has 0 aliphatic carbocycles. The first-order valence-corrected chi connectivity index (χ1v) is 7.85. The van der Waals surface area contributed by atoms with Crippen LogP contribution in [0.3, 0.4) is 0 Å². The summed E-state index contributed by atoms with van der Waals surface area (Å²) in [5, 5.41) is 4.00. The van der Waals surface area contributed by atoms with E-state index in [1.165, 1.54) is 0 Å². The Morgan fingerprint density at radius 3 is 3.00 bits per heavy atom. The summed E-state index contributed by atoms with van der Waals surface area (Å²) in [7, 11) is -0.806. The van der Waals surface area contributed by atoms with E-state index in [1.807, 2.05) is 25.1 Å². The lowest BCUT2D eigenvalue weighted by molar-refractivity contribution is 0.340. The molecule has 0 saturated carbocycles. The Bertz CT molecular complexity index is 589. The van der Waals surface area contributed by atoms with Gasteiger partial charge in [-0.1, -0.05) is 0 Å². The normalized spacial score (nSPS) is 12.3. The van der Waals surface area contributed by atoms with Gasteiger partial charge < -0.3 is 10.1 Å². The van der Waals surface area contributed by atoms with Crippen LogP contribution in [-0.4, -0.2) is 39.3 Å². The predicted octanol–water partition coefficient (Wildman–Crippen LogP) is 1.82. The summed E-state index contributed by atoms with van der Waals surface area (Å²) in [4.78, 5) is 8.62. The third-order valence-electron chi connectivity index (χ3n) is 2.53. The molecule has 19 heavy (non-hydrogen) atoms. The fourth-order valence-electron chi connectivity index (χ4n) is 1.66. The number of ether oxygens (including phenoxy) is 1. The first kappa shape index (κ1) is 13.7. The van der Waals surface area contributed by atoms with Crippen LogP contribution < -0.4 is 10.1 Å². The first-order valence-electron chi connectivity index (χ1n) is 6.12. The summed E-state index contributed by atoms with van der Waals surface area (Å²) in [6.07, 6.45) is 3.44. The van der Waals surface area contributed by atoms with Crippen molar-refractivity contribution < 1.29 is 8.95 Å². The number of rotatable bonds is 6. The van der Waals surface area contributed by atoms with E-state index in [4.69, 9.17) is 4.74 Å². The molecule has 102 valence electrons. The topological polar surface area (TPSA) is 64.1 Å². The van der Waals surface area contributed by atoms with Crippen molar-refractivity contribution in [3.8, 4) is 5.75 Å². The van der Waals surface area contributed by atoms with Gasteiger partial charge in [-0.2, -0.15) is 0 Å². The van der Waals surface area contributed by atoms with Crippen LogP contribution in [0.5, 0.6) is 5.75 Å². The van der Waals surface area contributed by atoms with Crippen LogP contribution in [-0.2, 0) is 10.8 Å². The average Bonchev–Trinajstić information content (AvgIpc) is 2.39. The Morgan fingerprint density at radius 2 is 2.26 bits per heavy atom. The van der Waals surface area contributed by atoms with Gasteiger partial charge in [0, 0.05) is 40.9 Å². The summed E-state index contributed by atoms with van der Waals surface area (Å²) in [5.41, 5.74) is 0.860. The highest BCUT2D eigenvalue weighted by Gasteiger charge is 2.02. The average molecular weight is 279 g/mol. The Hall–Kier alpha value is -1.69. The van der Waals surface area contributed by atoms with E-state index in [0.29, 0.717) is 24.9 Å². The number of nitrogens with zero attached hydrogens (tertiary/aromatic N) is 2.